The fraction of sp³-hybridized carbons (Fsp3) is 0.286. The molecular formula is C14H16N2O3. The lowest BCUT2D eigenvalue weighted by molar-refractivity contribution is 0.0697. The van der Waals surface area contributed by atoms with Gasteiger partial charge in [0.2, 0.25) is 0 Å². The Morgan fingerprint density at radius 1 is 1.42 bits per heavy atom. The number of carbonyl (C=O) groups is 1. The summed E-state index contributed by atoms with van der Waals surface area (Å²) in [6.07, 6.45) is 3.62. The molecular weight excluding hydrogens is 244 g/mol. The second-order valence-electron chi connectivity index (χ2n) is 4.34. The molecule has 0 fully saturated rings. The monoisotopic (exact) mass is 260 g/mol. The van der Waals surface area contributed by atoms with Gasteiger partial charge < -0.3 is 14.4 Å². The molecule has 1 heterocycles. The van der Waals surface area contributed by atoms with E-state index in [9.17, 15) is 4.79 Å². The van der Waals surface area contributed by atoms with Crippen LogP contribution >= 0.6 is 0 Å². The van der Waals surface area contributed by atoms with E-state index in [1.165, 1.54) is 0 Å². The molecule has 1 aromatic heterocycles. The van der Waals surface area contributed by atoms with Crippen LogP contribution in [0.2, 0.25) is 0 Å². The lowest BCUT2D eigenvalue weighted by Crippen LogP contribution is -2.11. The first-order valence-corrected chi connectivity index (χ1v) is 5.99. The van der Waals surface area contributed by atoms with Crippen molar-refractivity contribution in [3.63, 3.8) is 0 Å². The van der Waals surface area contributed by atoms with E-state index in [4.69, 9.17) is 9.84 Å². The van der Waals surface area contributed by atoms with E-state index in [1.807, 2.05) is 17.7 Å². The Balaban J connectivity index is 2.32. The highest BCUT2D eigenvalue weighted by atomic mass is 16.5. The SMILES string of the molecule is COC[C@H](C)n1ccnc1-c1ccc(C(=O)O)cc1. The van der Waals surface area contributed by atoms with Gasteiger partial charge in [-0.3, -0.25) is 0 Å². The third-order valence-corrected chi connectivity index (χ3v) is 2.94. The van der Waals surface area contributed by atoms with Crippen LogP contribution in [0.25, 0.3) is 11.4 Å². The van der Waals surface area contributed by atoms with Gasteiger partial charge in [-0.1, -0.05) is 12.1 Å². The number of hydrogen-bond acceptors (Lipinski definition) is 3. The van der Waals surface area contributed by atoms with Gasteiger partial charge in [0.25, 0.3) is 0 Å². The van der Waals surface area contributed by atoms with Crippen molar-refractivity contribution in [1.82, 2.24) is 9.55 Å². The van der Waals surface area contributed by atoms with Gasteiger partial charge in [0.15, 0.2) is 0 Å². The molecule has 100 valence electrons. The Labute approximate surface area is 111 Å². The molecule has 1 atom stereocenters. The molecule has 2 rings (SSSR count). The highest BCUT2D eigenvalue weighted by Crippen LogP contribution is 2.21. The molecule has 0 aliphatic heterocycles. The van der Waals surface area contributed by atoms with Crippen LogP contribution in [-0.4, -0.2) is 34.3 Å². The van der Waals surface area contributed by atoms with Crippen LogP contribution < -0.4 is 0 Å². The van der Waals surface area contributed by atoms with Crippen LogP contribution in [0.5, 0.6) is 0 Å². The smallest absolute Gasteiger partial charge is 0.335 e. The zero-order valence-corrected chi connectivity index (χ0v) is 10.9. The fourth-order valence-electron chi connectivity index (χ4n) is 1.98. The summed E-state index contributed by atoms with van der Waals surface area (Å²) in [4.78, 5) is 15.1. The lowest BCUT2D eigenvalue weighted by Gasteiger charge is -2.15. The van der Waals surface area contributed by atoms with Crippen LogP contribution in [-0.2, 0) is 4.74 Å². The molecule has 5 heteroatoms. The Hall–Kier alpha value is -2.14. The Morgan fingerprint density at radius 3 is 2.68 bits per heavy atom. The molecule has 5 nitrogen and oxygen atoms in total. The van der Waals surface area contributed by atoms with Gasteiger partial charge in [-0.15, -0.1) is 0 Å². The average Bonchev–Trinajstić information content (AvgIpc) is 2.88. The first kappa shape index (κ1) is 13.3. The summed E-state index contributed by atoms with van der Waals surface area (Å²) in [5.74, 6) is -0.121. The minimum Gasteiger partial charge on any atom is -0.478 e. The molecule has 2 aromatic rings. The van der Waals surface area contributed by atoms with Gasteiger partial charge in [0.05, 0.1) is 18.2 Å². The Kier molecular flexibility index (Phi) is 3.97. The van der Waals surface area contributed by atoms with E-state index >= 15 is 0 Å². The van der Waals surface area contributed by atoms with Crippen molar-refractivity contribution in [2.45, 2.75) is 13.0 Å². The third-order valence-electron chi connectivity index (χ3n) is 2.94. The van der Waals surface area contributed by atoms with E-state index < -0.39 is 5.97 Å². The molecule has 1 N–H and O–H groups in total. The topological polar surface area (TPSA) is 64.4 Å². The first-order valence-electron chi connectivity index (χ1n) is 5.99. The summed E-state index contributed by atoms with van der Waals surface area (Å²) in [7, 11) is 1.66. The summed E-state index contributed by atoms with van der Waals surface area (Å²) >= 11 is 0. The van der Waals surface area contributed by atoms with Gasteiger partial charge in [-0.2, -0.15) is 0 Å². The minimum atomic E-state index is -0.928. The van der Waals surface area contributed by atoms with Gasteiger partial charge >= 0.3 is 5.97 Å². The Morgan fingerprint density at radius 2 is 2.11 bits per heavy atom. The van der Waals surface area contributed by atoms with Crippen LogP contribution in [0.3, 0.4) is 0 Å². The quantitative estimate of drug-likeness (QED) is 0.896. The largest absolute Gasteiger partial charge is 0.478 e. The predicted molar refractivity (Wildman–Crippen MR) is 71.2 cm³/mol. The number of aromatic carboxylic acids is 1. The molecule has 0 unspecified atom stereocenters. The van der Waals surface area contributed by atoms with E-state index in [0.717, 1.165) is 11.4 Å². The number of aromatic nitrogens is 2. The molecule has 0 aliphatic carbocycles. The van der Waals surface area contributed by atoms with Crippen LogP contribution in [0.4, 0.5) is 0 Å². The van der Waals surface area contributed by atoms with Crippen molar-refractivity contribution in [2.24, 2.45) is 0 Å². The number of ether oxygens (including phenoxy) is 1. The maximum absolute atomic E-state index is 10.8. The zero-order valence-electron chi connectivity index (χ0n) is 10.9. The standard InChI is InChI=1S/C14H16N2O3/c1-10(9-19-2)16-8-7-15-13(16)11-3-5-12(6-4-11)14(17)18/h3-8,10H,9H2,1-2H3,(H,17,18)/t10-/m0/s1. The second kappa shape index (κ2) is 5.67. The molecule has 0 aliphatic rings. The number of imidazole rings is 1. The summed E-state index contributed by atoms with van der Waals surface area (Å²) in [6.45, 7) is 2.64. The highest BCUT2D eigenvalue weighted by Gasteiger charge is 2.12. The molecule has 0 spiro atoms. The predicted octanol–water partition coefficient (Wildman–Crippen LogP) is 2.46. The minimum absolute atomic E-state index is 0.168. The van der Waals surface area contributed by atoms with Gasteiger partial charge in [-0.25, -0.2) is 9.78 Å². The number of nitrogens with zero attached hydrogens (tertiary/aromatic N) is 2. The van der Waals surface area contributed by atoms with E-state index in [-0.39, 0.29) is 11.6 Å². The van der Waals surface area contributed by atoms with E-state index in [1.54, 1.807) is 37.6 Å². The number of methoxy groups -OCH3 is 1. The number of benzene rings is 1. The third kappa shape index (κ3) is 2.82. The molecule has 0 radical (unpaired) electrons. The summed E-state index contributed by atoms with van der Waals surface area (Å²) in [5, 5.41) is 8.88. The normalized spacial score (nSPS) is 12.3. The maximum Gasteiger partial charge on any atom is 0.335 e. The number of rotatable bonds is 5. The lowest BCUT2D eigenvalue weighted by atomic mass is 10.1. The number of hydrogen-bond donors (Lipinski definition) is 1. The Bertz CT molecular complexity index is 560. The van der Waals surface area contributed by atoms with Gasteiger partial charge in [-0.05, 0) is 19.1 Å². The van der Waals surface area contributed by atoms with E-state index in [0.29, 0.717) is 6.61 Å². The van der Waals surface area contributed by atoms with Crippen LogP contribution in [0, 0.1) is 0 Å². The van der Waals surface area contributed by atoms with E-state index in [2.05, 4.69) is 4.98 Å². The zero-order chi connectivity index (χ0) is 13.8. The molecule has 0 saturated carbocycles. The molecule has 0 saturated heterocycles. The second-order valence-corrected chi connectivity index (χ2v) is 4.34. The number of carboxylic acid groups (broad SMARTS) is 1. The van der Waals surface area contributed by atoms with Crippen molar-refractivity contribution in [2.75, 3.05) is 13.7 Å². The van der Waals surface area contributed by atoms with Crippen molar-refractivity contribution in [3.8, 4) is 11.4 Å². The molecule has 0 bridgehead atoms. The average molecular weight is 260 g/mol. The fourth-order valence-corrected chi connectivity index (χ4v) is 1.98. The molecule has 1 aromatic carbocycles. The highest BCUT2D eigenvalue weighted by molar-refractivity contribution is 5.88. The van der Waals surface area contributed by atoms with Gasteiger partial charge in [0.1, 0.15) is 5.82 Å². The van der Waals surface area contributed by atoms with Gasteiger partial charge in [0, 0.05) is 25.1 Å². The summed E-state index contributed by atoms with van der Waals surface area (Å²) < 4.78 is 7.16. The van der Waals surface area contributed by atoms with Crippen molar-refractivity contribution < 1.29 is 14.6 Å². The van der Waals surface area contributed by atoms with Crippen molar-refractivity contribution in [3.05, 3.63) is 42.2 Å². The summed E-state index contributed by atoms with van der Waals surface area (Å²) in [6, 6.07) is 6.86. The first-order chi connectivity index (χ1) is 9.13. The van der Waals surface area contributed by atoms with Crippen LogP contribution in [0.15, 0.2) is 36.7 Å². The maximum atomic E-state index is 10.8. The number of carboxylic acids is 1. The molecule has 0 amide bonds. The van der Waals surface area contributed by atoms with Crippen LogP contribution in [0.1, 0.15) is 23.3 Å². The van der Waals surface area contributed by atoms with Crippen molar-refractivity contribution >= 4 is 5.97 Å². The summed E-state index contributed by atoms with van der Waals surface area (Å²) in [5.41, 5.74) is 1.16. The molecule has 19 heavy (non-hydrogen) atoms. The van der Waals surface area contributed by atoms with Crippen molar-refractivity contribution in [1.29, 1.82) is 0 Å².